The second-order valence-electron chi connectivity index (χ2n) is 7.32. The SMILES string of the molecule is CC(C)(Oc1ccc(Cl)cc1)C(=O)Nc1cc(-c2nc3ccccc3s2)c(Cl)cc1Cl. The lowest BCUT2D eigenvalue weighted by atomic mass is 10.1. The lowest BCUT2D eigenvalue weighted by Crippen LogP contribution is -2.42. The molecule has 3 aromatic carbocycles. The first-order valence-electron chi connectivity index (χ1n) is 9.34. The lowest BCUT2D eigenvalue weighted by Gasteiger charge is -2.25. The van der Waals surface area contributed by atoms with E-state index in [0.29, 0.717) is 32.1 Å². The first-order valence-corrected chi connectivity index (χ1v) is 11.3. The minimum Gasteiger partial charge on any atom is -0.478 e. The van der Waals surface area contributed by atoms with Gasteiger partial charge in [0.25, 0.3) is 5.91 Å². The van der Waals surface area contributed by atoms with Crippen molar-refractivity contribution < 1.29 is 9.53 Å². The Hall–Kier alpha value is -2.31. The molecule has 1 aromatic heterocycles. The zero-order valence-corrected chi connectivity index (χ0v) is 19.7. The summed E-state index contributed by atoms with van der Waals surface area (Å²) < 4.78 is 6.91. The number of carbonyl (C=O) groups excluding carboxylic acids is 1. The van der Waals surface area contributed by atoms with Crippen LogP contribution in [0.25, 0.3) is 20.8 Å². The number of rotatable bonds is 5. The summed E-state index contributed by atoms with van der Waals surface area (Å²) >= 11 is 20.2. The summed E-state index contributed by atoms with van der Waals surface area (Å²) in [6.45, 7) is 3.35. The summed E-state index contributed by atoms with van der Waals surface area (Å²) in [7, 11) is 0. The van der Waals surface area contributed by atoms with Gasteiger partial charge in [0, 0.05) is 10.6 Å². The summed E-state index contributed by atoms with van der Waals surface area (Å²) in [5, 5.41) is 4.96. The fourth-order valence-electron chi connectivity index (χ4n) is 2.91. The lowest BCUT2D eigenvalue weighted by molar-refractivity contribution is -0.128. The minimum absolute atomic E-state index is 0.325. The third kappa shape index (κ3) is 4.80. The first-order chi connectivity index (χ1) is 14.7. The highest BCUT2D eigenvalue weighted by Crippen LogP contribution is 2.39. The number of nitrogens with one attached hydrogen (secondary N) is 1. The number of aromatic nitrogens is 1. The Labute approximate surface area is 198 Å². The Balaban J connectivity index is 1.61. The van der Waals surface area contributed by atoms with Gasteiger partial charge < -0.3 is 10.1 Å². The number of fused-ring (bicyclic) bond motifs is 1. The van der Waals surface area contributed by atoms with E-state index in [1.54, 1.807) is 50.2 Å². The van der Waals surface area contributed by atoms with Crippen LogP contribution in [-0.4, -0.2) is 16.5 Å². The maximum Gasteiger partial charge on any atom is 0.268 e. The number of carbonyl (C=O) groups is 1. The quantitative estimate of drug-likeness (QED) is 0.311. The van der Waals surface area contributed by atoms with Crippen molar-refractivity contribution in [3.63, 3.8) is 0 Å². The number of ether oxygens (including phenoxy) is 1. The van der Waals surface area contributed by atoms with Crippen molar-refractivity contribution in [2.24, 2.45) is 0 Å². The Morgan fingerprint density at radius 2 is 1.71 bits per heavy atom. The molecule has 158 valence electrons. The first kappa shape index (κ1) is 21.9. The second kappa shape index (κ2) is 8.67. The van der Waals surface area contributed by atoms with Gasteiger partial charge in [-0.05, 0) is 62.4 Å². The van der Waals surface area contributed by atoms with Gasteiger partial charge in [-0.15, -0.1) is 11.3 Å². The van der Waals surface area contributed by atoms with Crippen LogP contribution in [0.4, 0.5) is 5.69 Å². The van der Waals surface area contributed by atoms with Gasteiger partial charge in [-0.2, -0.15) is 0 Å². The Bertz CT molecular complexity index is 1240. The molecule has 31 heavy (non-hydrogen) atoms. The van der Waals surface area contributed by atoms with Gasteiger partial charge in [0.2, 0.25) is 0 Å². The van der Waals surface area contributed by atoms with Gasteiger partial charge in [-0.1, -0.05) is 46.9 Å². The summed E-state index contributed by atoms with van der Waals surface area (Å²) in [6.07, 6.45) is 0. The van der Waals surface area contributed by atoms with Crippen molar-refractivity contribution in [1.29, 1.82) is 0 Å². The summed E-state index contributed by atoms with van der Waals surface area (Å²) in [4.78, 5) is 17.6. The Morgan fingerprint density at radius 3 is 2.42 bits per heavy atom. The monoisotopic (exact) mass is 490 g/mol. The van der Waals surface area contributed by atoms with E-state index in [2.05, 4.69) is 10.3 Å². The molecular formula is C23H17Cl3N2O2S. The molecule has 0 spiro atoms. The van der Waals surface area contributed by atoms with Gasteiger partial charge in [0.1, 0.15) is 10.8 Å². The molecule has 0 aliphatic rings. The summed E-state index contributed by atoms with van der Waals surface area (Å²) in [5.41, 5.74) is 0.848. The Morgan fingerprint density at radius 1 is 1.00 bits per heavy atom. The fraction of sp³-hybridized carbons (Fsp3) is 0.130. The molecule has 1 heterocycles. The third-order valence-corrected chi connectivity index (χ3v) is 6.51. The van der Waals surface area contributed by atoms with Crippen molar-refractivity contribution in [2.75, 3.05) is 5.32 Å². The van der Waals surface area contributed by atoms with E-state index >= 15 is 0 Å². The van der Waals surface area contributed by atoms with Gasteiger partial charge >= 0.3 is 0 Å². The predicted octanol–water partition coefficient (Wildman–Crippen LogP) is 7.72. The molecule has 1 amide bonds. The van der Waals surface area contributed by atoms with Gasteiger partial charge in [0.15, 0.2) is 5.60 Å². The van der Waals surface area contributed by atoms with Crippen molar-refractivity contribution in [2.45, 2.75) is 19.4 Å². The van der Waals surface area contributed by atoms with Crippen LogP contribution in [0.3, 0.4) is 0 Å². The predicted molar refractivity (Wildman–Crippen MR) is 130 cm³/mol. The molecule has 0 aliphatic carbocycles. The smallest absolute Gasteiger partial charge is 0.268 e. The van der Waals surface area contributed by atoms with Crippen LogP contribution in [0.5, 0.6) is 5.75 Å². The second-order valence-corrected chi connectivity index (χ2v) is 9.60. The number of benzene rings is 3. The maximum absolute atomic E-state index is 13.0. The van der Waals surface area contributed by atoms with Gasteiger partial charge in [-0.3, -0.25) is 4.79 Å². The maximum atomic E-state index is 13.0. The van der Waals surface area contributed by atoms with Crippen molar-refractivity contribution in [3.05, 3.63) is 75.7 Å². The van der Waals surface area contributed by atoms with E-state index in [9.17, 15) is 4.79 Å². The fourth-order valence-corrected chi connectivity index (χ4v) is 4.61. The average molecular weight is 492 g/mol. The molecule has 0 fully saturated rings. The molecule has 4 rings (SSSR count). The number of halogens is 3. The zero-order valence-electron chi connectivity index (χ0n) is 16.6. The van der Waals surface area contributed by atoms with E-state index in [1.807, 2.05) is 24.3 Å². The highest BCUT2D eigenvalue weighted by Gasteiger charge is 2.31. The normalized spacial score (nSPS) is 11.5. The van der Waals surface area contributed by atoms with E-state index in [-0.39, 0.29) is 5.91 Å². The van der Waals surface area contributed by atoms with Crippen LogP contribution in [0.15, 0.2) is 60.7 Å². The molecule has 0 atom stereocenters. The number of amides is 1. The average Bonchev–Trinajstić information content (AvgIpc) is 3.15. The Kier molecular flexibility index (Phi) is 6.13. The summed E-state index contributed by atoms with van der Waals surface area (Å²) in [6, 6.07) is 18.0. The highest BCUT2D eigenvalue weighted by molar-refractivity contribution is 7.21. The number of hydrogen-bond acceptors (Lipinski definition) is 4. The molecule has 0 radical (unpaired) electrons. The van der Waals surface area contributed by atoms with E-state index in [4.69, 9.17) is 39.5 Å². The standard InChI is InChI=1S/C23H17Cl3N2O2S/c1-23(2,30-14-9-7-13(24)8-10-14)22(29)28-19-11-15(16(25)12-17(19)26)21-27-18-5-3-4-6-20(18)31-21/h3-12H,1-2H3,(H,28,29). The van der Waals surface area contributed by atoms with Crippen LogP contribution in [-0.2, 0) is 4.79 Å². The molecule has 0 saturated heterocycles. The van der Waals surface area contributed by atoms with Crippen LogP contribution in [0, 0.1) is 0 Å². The molecule has 0 bridgehead atoms. The molecular weight excluding hydrogens is 475 g/mol. The van der Waals surface area contributed by atoms with Crippen LogP contribution in [0.2, 0.25) is 15.1 Å². The summed E-state index contributed by atoms with van der Waals surface area (Å²) in [5.74, 6) is 0.170. The number of anilines is 1. The molecule has 4 nitrogen and oxygen atoms in total. The van der Waals surface area contributed by atoms with Crippen LogP contribution < -0.4 is 10.1 Å². The van der Waals surface area contributed by atoms with Gasteiger partial charge in [-0.25, -0.2) is 4.98 Å². The van der Waals surface area contributed by atoms with E-state index in [0.717, 1.165) is 15.2 Å². The van der Waals surface area contributed by atoms with Gasteiger partial charge in [0.05, 0.1) is 25.9 Å². The highest BCUT2D eigenvalue weighted by atomic mass is 35.5. The molecule has 4 aromatic rings. The number of thiazole rings is 1. The molecule has 8 heteroatoms. The number of hydrogen-bond donors (Lipinski definition) is 1. The van der Waals surface area contributed by atoms with Crippen LogP contribution >= 0.6 is 46.1 Å². The zero-order chi connectivity index (χ0) is 22.2. The minimum atomic E-state index is -1.16. The van der Waals surface area contributed by atoms with Crippen molar-refractivity contribution >= 4 is 68.0 Å². The molecule has 0 unspecified atom stereocenters. The van der Waals surface area contributed by atoms with Crippen LogP contribution in [0.1, 0.15) is 13.8 Å². The van der Waals surface area contributed by atoms with Crippen molar-refractivity contribution in [1.82, 2.24) is 4.98 Å². The van der Waals surface area contributed by atoms with E-state index < -0.39 is 5.60 Å². The largest absolute Gasteiger partial charge is 0.478 e. The third-order valence-electron chi connectivity index (χ3n) is 4.56. The topological polar surface area (TPSA) is 51.2 Å². The molecule has 0 saturated carbocycles. The van der Waals surface area contributed by atoms with Crippen molar-refractivity contribution in [3.8, 4) is 16.3 Å². The molecule has 0 aliphatic heterocycles. The number of para-hydroxylation sites is 1. The van der Waals surface area contributed by atoms with E-state index in [1.165, 1.54) is 11.3 Å². The molecule has 1 N–H and O–H groups in total. The number of nitrogens with zero attached hydrogens (tertiary/aromatic N) is 1.